The SMILES string of the molecule is CN(Cc1ccc(-c2nccnc2-c2cccc(S(N)(=O)=O)c2C(F)(F)F)cc1)c1cccc(F)c1. The van der Waals surface area contributed by atoms with Crippen LogP contribution in [0.3, 0.4) is 0 Å². The summed E-state index contributed by atoms with van der Waals surface area (Å²) >= 11 is 0. The van der Waals surface area contributed by atoms with Gasteiger partial charge in [0, 0.05) is 42.8 Å². The number of anilines is 1. The summed E-state index contributed by atoms with van der Waals surface area (Å²) in [6.45, 7) is 0.450. The minimum Gasteiger partial charge on any atom is -0.370 e. The molecule has 0 aliphatic carbocycles. The van der Waals surface area contributed by atoms with Crippen LogP contribution in [0.25, 0.3) is 22.5 Å². The summed E-state index contributed by atoms with van der Waals surface area (Å²) < 4.78 is 79.3. The molecule has 36 heavy (non-hydrogen) atoms. The molecular formula is C25H20F4N4O2S. The van der Waals surface area contributed by atoms with Crippen molar-refractivity contribution in [3.8, 4) is 22.5 Å². The Morgan fingerprint density at radius 2 is 1.56 bits per heavy atom. The van der Waals surface area contributed by atoms with E-state index in [0.717, 1.165) is 17.7 Å². The van der Waals surface area contributed by atoms with E-state index in [0.29, 0.717) is 17.8 Å². The van der Waals surface area contributed by atoms with E-state index in [1.54, 1.807) is 43.4 Å². The van der Waals surface area contributed by atoms with Crippen molar-refractivity contribution in [3.63, 3.8) is 0 Å². The zero-order valence-corrected chi connectivity index (χ0v) is 19.7. The average molecular weight is 517 g/mol. The molecule has 0 spiro atoms. The van der Waals surface area contributed by atoms with E-state index in [1.807, 2.05) is 4.90 Å². The first-order valence-electron chi connectivity index (χ1n) is 10.6. The number of alkyl halides is 3. The number of halogens is 4. The Hall–Kier alpha value is -3.83. The number of nitrogens with zero attached hydrogens (tertiary/aromatic N) is 3. The number of rotatable bonds is 6. The van der Waals surface area contributed by atoms with Crippen molar-refractivity contribution in [1.82, 2.24) is 9.97 Å². The molecule has 0 saturated heterocycles. The molecule has 0 unspecified atom stereocenters. The summed E-state index contributed by atoms with van der Waals surface area (Å²) in [4.78, 5) is 9.13. The fourth-order valence-corrected chi connectivity index (χ4v) is 4.63. The molecule has 0 atom stereocenters. The Kier molecular flexibility index (Phi) is 6.79. The van der Waals surface area contributed by atoms with E-state index >= 15 is 0 Å². The summed E-state index contributed by atoms with van der Waals surface area (Å²) in [5.41, 5.74) is 0.173. The van der Waals surface area contributed by atoms with E-state index < -0.39 is 32.2 Å². The summed E-state index contributed by atoms with van der Waals surface area (Å²) in [5.74, 6) is -0.352. The normalized spacial score (nSPS) is 11.9. The Balaban J connectivity index is 1.74. The van der Waals surface area contributed by atoms with Gasteiger partial charge in [-0.15, -0.1) is 0 Å². The first-order valence-corrected chi connectivity index (χ1v) is 12.1. The molecule has 0 aliphatic heterocycles. The monoisotopic (exact) mass is 516 g/mol. The second kappa shape index (κ2) is 9.67. The maximum atomic E-state index is 14.0. The van der Waals surface area contributed by atoms with Crippen LogP contribution in [-0.4, -0.2) is 25.4 Å². The fraction of sp³-hybridized carbons (Fsp3) is 0.120. The van der Waals surface area contributed by atoms with Crippen molar-refractivity contribution in [2.45, 2.75) is 17.6 Å². The third kappa shape index (κ3) is 5.37. The van der Waals surface area contributed by atoms with Crippen LogP contribution in [0.1, 0.15) is 11.1 Å². The minimum atomic E-state index is -5.02. The van der Waals surface area contributed by atoms with Gasteiger partial charge >= 0.3 is 6.18 Å². The predicted octanol–water partition coefficient (Wildman–Crippen LogP) is 5.25. The molecule has 3 aromatic carbocycles. The lowest BCUT2D eigenvalue weighted by Crippen LogP contribution is -2.20. The standard InChI is InChI=1S/C25H20F4N4O2S/c1-33(19-5-2-4-18(26)14-19)15-16-8-10-17(11-9-16)23-24(32-13-12-31-23)20-6-3-7-21(36(30,34)35)22(20)25(27,28)29/h2-14H,15H2,1H3,(H2,30,34,35). The number of benzene rings is 3. The zero-order valence-electron chi connectivity index (χ0n) is 18.9. The largest absolute Gasteiger partial charge is 0.418 e. The van der Waals surface area contributed by atoms with Crippen molar-refractivity contribution in [2.75, 3.05) is 11.9 Å². The number of nitrogens with two attached hydrogens (primary N) is 1. The maximum absolute atomic E-state index is 14.0. The molecule has 2 N–H and O–H groups in total. The van der Waals surface area contributed by atoms with E-state index in [1.165, 1.54) is 30.6 Å². The summed E-state index contributed by atoms with van der Waals surface area (Å²) in [7, 11) is -2.86. The van der Waals surface area contributed by atoms with Crippen molar-refractivity contribution in [3.05, 3.63) is 96.1 Å². The molecule has 1 heterocycles. The third-order valence-corrected chi connectivity index (χ3v) is 6.42. The van der Waals surface area contributed by atoms with Gasteiger partial charge in [-0.3, -0.25) is 9.97 Å². The number of hydrogen-bond donors (Lipinski definition) is 1. The topological polar surface area (TPSA) is 89.2 Å². The number of aromatic nitrogens is 2. The van der Waals surface area contributed by atoms with E-state index in [4.69, 9.17) is 5.14 Å². The van der Waals surface area contributed by atoms with Crippen LogP contribution in [-0.2, 0) is 22.7 Å². The Bertz CT molecular complexity index is 1510. The van der Waals surface area contributed by atoms with Gasteiger partial charge < -0.3 is 4.90 Å². The van der Waals surface area contributed by atoms with Crippen LogP contribution in [0.4, 0.5) is 23.2 Å². The molecule has 0 aliphatic rings. The van der Waals surface area contributed by atoms with Crippen LogP contribution in [0, 0.1) is 5.82 Å². The second-order valence-electron chi connectivity index (χ2n) is 8.01. The highest BCUT2D eigenvalue weighted by molar-refractivity contribution is 7.89. The van der Waals surface area contributed by atoms with Crippen LogP contribution < -0.4 is 10.0 Å². The highest BCUT2D eigenvalue weighted by Crippen LogP contribution is 2.42. The highest BCUT2D eigenvalue weighted by atomic mass is 32.2. The lowest BCUT2D eigenvalue weighted by molar-refractivity contribution is -0.139. The number of hydrogen-bond acceptors (Lipinski definition) is 5. The molecule has 4 aromatic rings. The van der Waals surface area contributed by atoms with Gasteiger partial charge in [0.15, 0.2) is 0 Å². The summed E-state index contributed by atoms with van der Waals surface area (Å²) in [6.07, 6.45) is -2.45. The summed E-state index contributed by atoms with van der Waals surface area (Å²) in [6, 6.07) is 16.2. The van der Waals surface area contributed by atoms with E-state index in [2.05, 4.69) is 9.97 Å². The molecule has 186 valence electrons. The zero-order chi connectivity index (χ0) is 26.1. The number of sulfonamides is 1. The van der Waals surface area contributed by atoms with Gasteiger partial charge in [0.2, 0.25) is 10.0 Å². The fourth-order valence-electron chi connectivity index (χ4n) is 3.85. The van der Waals surface area contributed by atoms with Crippen molar-refractivity contribution < 1.29 is 26.0 Å². The van der Waals surface area contributed by atoms with Gasteiger partial charge in [0.1, 0.15) is 5.82 Å². The first-order chi connectivity index (χ1) is 16.9. The molecule has 0 amide bonds. The molecule has 0 saturated carbocycles. The Labute approximate surface area is 205 Å². The predicted molar refractivity (Wildman–Crippen MR) is 128 cm³/mol. The molecule has 0 bridgehead atoms. The van der Waals surface area contributed by atoms with Gasteiger partial charge in [-0.1, -0.05) is 42.5 Å². The first kappa shape index (κ1) is 25.3. The lowest BCUT2D eigenvalue weighted by atomic mass is 9.98. The molecule has 1 aromatic heterocycles. The minimum absolute atomic E-state index is 0.139. The van der Waals surface area contributed by atoms with Crippen LogP contribution in [0.15, 0.2) is 84.0 Å². The second-order valence-corrected chi connectivity index (χ2v) is 9.54. The lowest BCUT2D eigenvalue weighted by Gasteiger charge is -2.20. The average Bonchev–Trinajstić information content (AvgIpc) is 2.83. The van der Waals surface area contributed by atoms with Crippen molar-refractivity contribution >= 4 is 15.7 Å². The molecule has 4 rings (SSSR count). The van der Waals surface area contributed by atoms with Gasteiger partial charge in [-0.25, -0.2) is 17.9 Å². The molecule has 6 nitrogen and oxygen atoms in total. The van der Waals surface area contributed by atoms with E-state index in [-0.39, 0.29) is 17.2 Å². The molecule has 0 radical (unpaired) electrons. The Morgan fingerprint density at radius 1 is 0.917 bits per heavy atom. The van der Waals surface area contributed by atoms with Crippen molar-refractivity contribution in [1.29, 1.82) is 0 Å². The van der Waals surface area contributed by atoms with Gasteiger partial charge in [0.05, 0.1) is 21.8 Å². The Morgan fingerprint density at radius 3 is 2.17 bits per heavy atom. The van der Waals surface area contributed by atoms with Gasteiger partial charge in [-0.05, 0) is 29.8 Å². The summed E-state index contributed by atoms with van der Waals surface area (Å²) in [5, 5.41) is 5.07. The molecule has 0 fully saturated rings. The van der Waals surface area contributed by atoms with Crippen molar-refractivity contribution in [2.24, 2.45) is 5.14 Å². The third-order valence-electron chi connectivity index (χ3n) is 5.47. The van der Waals surface area contributed by atoms with Crippen LogP contribution >= 0.6 is 0 Å². The maximum Gasteiger partial charge on any atom is 0.418 e. The quantitative estimate of drug-likeness (QED) is 0.354. The highest BCUT2D eigenvalue weighted by Gasteiger charge is 2.40. The molecular weight excluding hydrogens is 496 g/mol. The van der Waals surface area contributed by atoms with Crippen LogP contribution in [0.5, 0.6) is 0 Å². The van der Waals surface area contributed by atoms with Gasteiger partial charge in [0.25, 0.3) is 0 Å². The van der Waals surface area contributed by atoms with E-state index in [9.17, 15) is 26.0 Å². The van der Waals surface area contributed by atoms with Crippen LogP contribution in [0.2, 0.25) is 0 Å². The van der Waals surface area contributed by atoms with Gasteiger partial charge in [-0.2, -0.15) is 13.2 Å². The smallest absolute Gasteiger partial charge is 0.370 e. The molecule has 11 heteroatoms. The number of primary sulfonamides is 1.